The van der Waals surface area contributed by atoms with Gasteiger partial charge in [-0.25, -0.2) is 9.37 Å². The van der Waals surface area contributed by atoms with Gasteiger partial charge in [-0.05, 0) is 38.1 Å². The van der Waals surface area contributed by atoms with Gasteiger partial charge in [-0.3, -0.25) is 9.59 Å². The maximum absolute atomic E-state index is 13.0. The van der Waals surface area contributed by atoms with Crippen molar-refractivity contribution in [2.45, 2.75) is 19.4 Å². The zero-order valence-corrected chi connectivity index (χ0v) is 13.6. The van der Waals surface area contributed by atoms with E-state index in [1.807, 2.05) is 0 Å². The molecule has 1 N–H and O–H groups in total. The van der Waals surface area contributed by atoms with Crippen molar-refractivity contribution in [1.82, 2.24) is 15.2 Å². The highest BCUT2D eigenvalue weighted by atomic mass is 32.1. The highest BCUT2D eigenvalue weighted by Crippen LogP contribution is 2.26. The molecule has 0 radical (unpaired) electrons. The number of aromatic nitrogens is 1. The number of thiazole rings is 1. The number of amides is 2. The molecular formula is C16H16FN3O2S. The van der Waals surface area contributed by atoms with Crippen molar-refractivity contribution in [1.29, 1.82) is 0 Å². The Morgan fingerprint density at radius 1 is 1.35 bits per heavy atom. The molecule has 1 aromatic carbocycles. The van der Waals surface area contributed by atoms with E-state index in [1.165, 1.54) is 28.4 Å². The molecule has 0 saturated carbocycles. The molecule has 0 spiro atoms. The van der Waals surface area contributed by atoms with E-state index in [9.17, 15) is 14.0 Å². The first-order chi connectivity index (χ1) is 10.9. The number of hydrogen-bond acceptors (Lipinski definition) is 4. The van der Waals surface area contributed by atoms with Gasteiger partial charge in [0.15, 0.2) is 0 Å². The third kappa shape index (κ3) is 2.84. The second-order valence-electron chi connectivity index (χ2n) is 5.82. The summed E-state index contributed by atoms with van der Waals surface area (Å²) in [6, 6.07) is 5.97. The molecule has 2 aromatic rings. The van der Waals surface area contributed by atoms with E-state index in [0.717, 1.165) is 5.56 Å². The van der Waals surface area contributed by atoms with Gasteiger partial charge in [-0.1, -0.05) is 0 Å². The normalized spacial score (nSPS) is 17.0. The highest BCUT2D eigenvalue weighted by molar-refractivity contribution is 7.13. The average Bonchev–Trinajstić information content (AvgIpc) is 3.00. The van der Waals surface area contributed by atoms with E-state index in [1.54, 1.807) is 31.4 Å². The van der Waals surface area contributed by atoms with E-state index >= 15 is 0 Å². The van der Waals surface area contributed by atoms with E-state index in [0.29, 0.717) is 23.8 Å². The molecule has 1 saturated heterocycles. The summed E-state index contributed by atoms with van der Waals surface area (Å²) in [6.45, 7) is 4.31. The van der Waals surface area contributed by atoms with Gasteiger partial charge in [-0.2, -0.15) is 0 Å². The van der Waals surface area contributed by atoms with Crippen LogP contribution in [0, 0.1) is 5.82 Å². The van der Waals surface area contributed by atoms with Crippen molar-refractivity contribution in [3.05, 3.63) is 41.2 Å². The van der Waals surface area contributed by atoms with Crippen LogP contribution in [0.1, 0.15) is 24.3 Å². The van der Waals surface area contributed by atoms with E-state index in [-0.39, 0.29) is 17.6 Å². The molecule has 0 atom stereocenters. The third-order valence-electron chi connectivity index (χ3n) is 3.91. The number of nitrogens with zero attached hydrogens (tertiary/aromatic N) is 2. The van der Waals surface area contributed by atoms with Gasteiger partial charge in [0, 0.05) is 24.0 Å². The molecule has 2 heterocycles. The highest BCUT2D eigenvalue weighted by Gasteiger charge is 2.41. The summed E-state index contributed by atoms with van der Waals surface area (Å²) in [5.74, 6) is -0.761. The first-order valence-corrected chi connectivity index (χ1v) is 8.09. The van der Waals surface area contributed by atoms with Gasteiger partial charge in [0.05, 0.1) is 0 Å². The number of halogens is 1. The Labute approximate surface area is 137 Å². The molecule has 120 valence electrons. The van der Waals surface area contributed by atoms with Crippen molar-refractivity contribution in [2.24, 2.45) is 0 Å². The van der Waals surface area contributed by atoms with Crippen LogP contribution in [0.4, 0.5) is 4.39 Å². The quantitative estimate of drug-likeness (QED) is 0.917. The number of carbonyl (C=O) groups is 2. The minimum absolute atomic E-state index is 0.175. The molecule has 3 rings (SSSR count). The molecule has 5 nitrogen and oxygen atoms in total. The Bertz CT molecular complexity index is 755. The summed E-state index contributed by atoms with van der Waals surface area (Å²) in [5.41, 5.74) is 0.151. The molecule has 0 bridgehead atoms. The summed E-state index contributed by atoms with van der Waals surface area (Å²) < 4.78 is 13.0. The standard InChI is InChI=1S/C16H16FN3O2S/c1-16(2)15(22)18-7-8-20(16)14(21)12-9-23-13(19-12)10-3-5-11(17)6-4-10/h3-6,9H,7-8H2,1-2H3,(H,18,22). The molecule has 1 aliphatic heterocycles. The lowest BCUT2D eigenvalue weighted by Gasteiger charge is -2.40. The minimum atomic E-state index is -0.908. The van der Waals surface area contributed by atoms with Crippen LogP contribution in [0.25, 0.3) is 10.6 Å². The molecule has 2 amide bonds. The van der Waals surface area contributed by atoms with Crippen LogP contribution in [-0.4, -0.2) is 40.3 Å². The predicted octanol–water partition coefficient (Wildman–Crippen LogP) is 2.30. The van der Waals surface area contributed by atoms with Gasteiger partial charge in [-0.15, -0.1) is 11.3 Å². The van der Waals surface area contributed by atoms with Crippen LogP contribution < -0.4 is 5.32 Å². The Kier molecular flexibility index (Phi) is 3.89. The summed E-state index contributed by atoms with van der Waals surface area (Å²) in [6.07, 6.45) is 0. The van der Waals surface area contributed by atoms with E-state index < -0.39 is 5.54 Å². The largest absolute Gasteiger partial charge is 0.352 e. The lowest BCUT2D eigenvalue weighted by atomic mass is 9.98. The summed E-state index contributed by atoms with van der Waals surface area (Å²) in [5, 5.41) is 5.07. The number of carbonyl (C=O) groups excluding carboxylic acids is 2. The molecule has 1 aliphatic rings. The third-order valence-corrected chi connectivity index (χ3v) is 4.80. The van der Waals surface area contributed by atoms with Crippen LogP contribution in [0.5, 0.6) is 0 Å². The van der Waals surface area contributed by atoms with Crippen LogP contribution in [0.2, 0.25) is 0 Å². The second-order valence-corrected chi connectivity index (χ2v) is 6.67. The Morgan fingerprint density at radius 2 is 2.04 bits per heavy atom. The summed E-state index contributed by atoms with van der Waals surface area (Å²) in [7, 11) is 0. The van der Waals surface area contributed by atoms with Crippen LogP contribution in [0.15, 0.2) is 29.6 Å². The second kappa shape index (κ2) is 5.73. The molecule has 1 fully saturated rings. The van der Waals surface area contributed by atoms with Crippen molar-refractivity contribution < 1.29 is 14.0 Å². The number of nitrogens with one attached hydrogen (secondary N) is 1. The number of benzene rings is 1. The number of piperazine rings is 1. The van der Waals surface area contributed by atoms with Crippen LogP contribution in [0.3, 0.4) is 0 Å². The van der Waals surface area contributed by atoms with Crippen LogP contribution in [-0.2, 0) is 4.79 Å². The summed E-state index contributed by atoms with van der Waals surface area (Å²) in [4.78, 5) is 30.5. The van der Waals surface area contributed by atoms with E-state index in [2.05, 4.69) is 10.3 Å². The SMILES string of the molecule is CC1(C)C(=O)NCCN1C(=O)c1csc(-c2ccc(F)cc2)n1. The van der Waals surface area contributed by atoms with Crippen molar-refractivity contribution in [3.8, 4) is 10.6 Å². The van der Waals surface area contributed by atoms with Crippen molar-refractivity contribution >= 4 is 23.2 Å². The van der Waals surface area contributed by atoms with Crippen LogP contribution >= 0.6 is 11.3 Å². The van der Waals surface area contributed by atoms with Gasteiger partial charge >= 0.3 is 0 Å². The fourth-order valence-electron chi connectivity index (χ4n) is 2.49. The Balaban J connectivity index is 1.86. The lowest BCUT2D eigenvalue weighted by molar-refractivity contribution is -0.133. The Morgan fingerprint density at radius 3 is 2.74 bits per heavy atom. The zero-order chi connectivity index (χ0) is 16.6. The van der Waals surface area contributed by atoms with Gasteiger partial charge in [0.25, 0.3) is 5.91 Å². The topological polar surface area (TPSA) is 62.3 Å². The van der Waals surface area contributed by atoms with Crippen molar-refractivity contribution in [3.63, 3.8) is 0 Å². The average molecular weight is 333 g/mol. The van der Waals surface area contributed by atoms with E-state index in [4.69, 9.17) is 0 Å². The number of hydrogen-bond donors (Lipinski definition) is 1. The number of rotatable bonds is 2. The maximum Gasteiger partial charge on any atom is 0.274 e. The smallest absolute Gasteiger partial charge is 0.274 e. The lowest BCUT2D eigenvalue weighted by Crippen LogP contribution is -2.63. The van der Waals surface area contributed by atoms with Crippen molar-refractivity contribution in [2.75, 3.05) is 13.1 Å². The Hall–Kier alpha value is -2.28. The van der Waals surface area contributed by atoms with Gasteiger partial charge in [0.2, 0.25) is 5.91 Å². The molecule has 0 unspecified atom stereocenters. The first-order valence-electron chi connectivity index (χ1n) is 7.21. The molecular weight excluding hydrogens is 317 g/mol. The fourth-order valence-corrected chi connectivity index (χ4v) is 3.29. The minimum Gasteiger partial charge on any atom is -0.352 e. The molecule has 1 aromatic heterocycles. The molecule has 0 aliphatic carbocycles. The monoisotopic (exact) mass is 333 g/mol. The first kappa shape index (κ1) is 15.6. The van der Waals surface area contributed by atoms with Gasteiger partial charge in [0.1, 0.15) is 22.1 Å². The maximum atomic E-state index is 13.0. The zero-order valence-electron chi connectivity index (χ0n) is 12.8. The predicted molar refractivity (Wildman–Crippen MR) is 85.6 cm³/mol. The van der Waals surface area contributed by atoms with Gasteiger partial charge < -0.3 is 10.2 Å². The summed E-state index contributed by atoms with van der Waals surface area (Å²) >= 11 is 1.32. The molecule has 23 heavy (non-hydrogen) atoms. The fraction of sp³-hybridized carbons (Fsp3) is 0.312. The molecule has 7 heteroatoms.